The molecule has 3 heterocycles. The summed E-state index contributed by atoms with van der Waals surface area (Å²) in [6.07, 6.45) is 6.85. The second kappa shape index (κ2) is 7.14. The second-order valence-corrected chi connectivity index (χ2v) is 5.95. The summed E-state index contributed by atoms with van der Waals surface area (Å²) >= 11 is 0. The monoisotopic (exact) mass is 343 g/mol. The van der Waals surface area contributed by atoms with E-state index in [0.717, 1.165) is 22.3 Å². The average Bonchev–Trinajstić information content (AvgIpc) is 3.20. The van der Waals surface area contributed by atoms with Crippen LogP contribution in [0.1, 0.15) is 21.9 Å². The van der Waals surface area contributed by atoms with Gasteiger partial charge in [0.2, 0.25) is 0 Å². The molecule has 0 bridgehead atoms. The van der Waals surface area contributed by atoms with Crippen LogP contribution in [0.4, 0.5) is 0 Å². The number of pyridine rings is 2. The quantitative estimate of drug-likeness (QED) is 0.604. The third kappa shape index (κ3) is 3.44. The fourth-order valence-electron chi connectivity index (χ4n) is 2.81. The first-order valence-corrected chi connectivity index (χ1v) is 8.32. The molecule has 1 N–H and O–H groups in total. The molecule has 6 nitrogen and oxygen atoms in total. The molecule has 0 fully saturated rings. The molecular weight excluding hydrogens is 326 g/mol. The van der Waals surface area contributed by atoms with Crippen LogP contribution in [-0.2, 0) is 13.1 Å². The Bertz CT molecular complexity index is 1010. The fourth-order valence-corrected chi connectivity index (χ4v) is 2.81. The van der Waals surface area contributed by atoms with Crippen LogP contribution >= 0.6 is 0 Å². The van der Waals surface area contributed by atoms with Crippen molar-refractivity contribution in [2.75, 3.05) is 0 Å². The van der Waals surface area contributed by atoms with E-state index in [2.05, 4.69) is 19.9 Å². The number of carbonyl (C=O) groups is 1. The number of aromatic nitrogens is 4. The van der Waals surface area contributed by atoms with Gasteiger partial charge in [0.15, 0.2) is 0 Å². The maximum atomic E-state index is 13.1. The number of rotatable bonds is 5. The Morgan fingerprint density at radius 1 is 1.00 bits per heavy atom. The van der Waals surface area contributed by atoms with Crippen molar-refractivity contribution >= 4 is 16.8 Å². The Balaban J connectivity index is 1.65. The number of nitrogens with zero attached hydrogens (tertiary/aromatic N) is 4. The van der Waals surface area contributed by atoms with Gasteiger partial charge < -0.3 is 9.88 Å². The van der Waals surface area contributed by atoms with E-state index in [-0.39, 0.29) is 5.91 Å². The number of amides is 1. The zero-order valence-corrected chi connectivity index (χ0v) is 14.0. The third-order valence-electron chi connectivity index (χ3n) is 4.11. The number of H-pyrrole nitrogens is 1. The van der Waals surface area contributed by atoms with E-state index >= 15 is 0 Å². The Morgan fingerprint density at radius 3 is 2.69 bits per heavy atom. The normalized spacial score (nSPS) is 10.8. The van der Waals surface area contributed by atoms with Gasteiger partial charge in [-0.25, -0.2) is 9.97 Å². The first kappa shape index (κ1) is 16.0. The van der Waals surface area contributed by atoms with E-state index in [9.17, 15) is 4.79 Å². The number of aromatic amines is 1. The highest BCUT2D eigenvalue weighted by atomic mass is 16.2. The summed E-state index contributed by atoms with van der Waals surface area (Å²) in [6.45, 7) is 0.868. The zero-order valence-electron chi connectivity index (χ0n) is 14.0. The van der Waals surface area contributed by atoms with E-state index in [4.69, 9.17) is 0 Å². The van der Waals surface area contributed by atoms with E-state index in [1.807, 2.05) is 36.4 Å². The molecule has 0 saturated carbocycles. The summed E-state index contributed by atoms with van der Waals surface area (Å²) in [5.74, 6) is 0.600. The van der Waals surface area contributed by atoms with E-state index in [1.54, 1.807) is 41.8 Å². The molecule has 1 amide bonds. The molecule has 0 aliphatic carbocycles. The van der Waals surface area contributed by atoms with Crippen molar-refractivity contribution in [1.82, 2.24) is 24.8 Å². The first-order valence-electron chi connectivity index (χ1n) is 8.32. The van der Waals surface area contributed by atoms with Crippen LogP contribution in [-0.4, -0.2) is 30.7 Å². The first-order chi connectivity index (χ1) is 12.8. The Kier molecular flexibility index (Phi) is 4.38. The molecule has 1 aromatic carbocycles. The number of imidazole rings is 1. The van der Waals surface area contributed by atoms with Gasteiger partial charge in [-0.1, -0.05) is 30.3 Å². The summed E-state index contributed by atoms with van der Waals surface area (Å²) in [4.78, 5) is 30.8. The Morgan fingerprint density at radius 2 is 1.88 bits per heavy atom. The molecule has 3 aromatic heterocycles. The third-order valence-corrected chi connectivity index (χ3v) is 4.11. The maximum absolute atomic E-state index is 13.1. The molecule has 128 valence electrons. The number of fused-ring (bicyclic) bond motifs is 1. The average molecular weight is 343 g/mol. The SMILES string of the molecule is O=C(c1ccc2cnccc2n1)N(Cc1ccccc1)Cc1ncc[nH]1. The van der Waals surface area contributed by atoms with Crippen LogP contribution in [0.3, 0.4) is 0 Å². The molecule has 4 aromatic rings. The number of benzene rings is 1. The lowest BCUT2D eigenvalue weighted by Gasteiger charge is -2.21. The van der Waals surface area contributed by atoms with Gasteiger partial charge in [-0.15, -0.1) is 0 Å². The van der Waals surface area contributed by atoms with Crippen molar-refractivity contribution in [1.29, 1.82) is 0 Å². The highest BCUT2D eigenvalue weighted by Gasteiger charge is 2.19. The molecule has 6 heteroatoms. The predicted octanol–water partition coefficient (Wildman–Crippen LogP) is 3.20. The van der Waals surface area contributed by atoms with Gasteiger partial charge >= 0.3 is 0 Å². The summed E-state index contributed by atoms with van der Waals surface area (Å²) in [5.41, 5.74) is 2.21. The molecule has 0 unspecified atom stereocenters. The van der Waals surface area contributed by atoms with Crippen molar-refractivity contribution < 1.29 is 4.79 Å². The van der Waals surface area contributed by atoms with Gasteiger partial charge in [-0.05, 0) is 23.8 Å². The van der Waals surface area contributed by atoms with Gasteiger partial charge in [0.1, 0.15) is 11.5 Å². The van der Waals surface area contributed by atoms with Crippen LogP contribution in [0.2, 0.25) is 0 Å². The molecule has 26 heavy (non-hydrogen) atoms. The lowest BCUT2D eigenvalue weighted by Crippen LogP contribution is -2.31. The summed E-state index contributed by atoms with van der Waals surface area (Å²) in [5, 5.41) is 0.907. The minimum Gasteiger partial charge on any atom is -0.347 e. The molecule has 4 rings (SSSR count). The Labute approximate surface area is 150 Å². The highest BCUT2D eigenvalue weighted by Crippen LogP contribution is 2.15. The topological polar surface area (TPSA) is 74.8 Å². The highest BCUT2D eigenvalue weighted by molar-refractivity contribution is 5.94. The molecule has 0 aliphatic rings. The molecule has 0 spiro atoms. The predicted molar refractivity (Wildman–Crippen MR) is 98.1 cm³/mol. The lowest BCUT2D eigenvalue weighted by atomic mass is 10.2. The smallest absolute Gasteiger partial charge is 0.273 e. The maximum Gasteiger partial charge on any atom is 0.273 e. The fraction of sp³-hybridized carbons (Fsp3) is 0.100. The molecule has 0 aliphatic heterocycles. The molecule has 0 atom stereocenters. The molecular formula is C20H17N5O. The van der Waals surface area contributed by atoms with E-state index < -0.39 is 0 Å². The number of carbonyl (C=O) groups excluding carboxylic acids is 1. The zero-order chi connectivity index (χ0) is 17.8. The van der Waals surface area contributed by atoms with Crippen molar-refractivity contribution in [3.8, 4) is 0 Å². The van der Waals surface area contributed by atoms with Crippen LogP contribution in [0.15, 0.2) is 73.3 Å². The van der Waals surface area contributed by atoms with Crippen LogP contribution in [0.5, 0.6) is 0 Å². The van der Waals surface area contributed by atoms with Crippen molar-refractivity contribution in [3.63, 3.8) is 0 Å². The van der Waals surface area contributed by atoms with Crippen LogP contribution in [0.25, 0.3) is 10.9 Å². The van der Waals surface area contributed by atoms with Gasteiger partial charge in [-0.3, -0.25) is 9.78 Å². The molecule has 0 radical (unpaired) electrons. The number of hydrogen-bond acceptors (Lipinski definition) is 4. The van der Waals surface area contributed by atoms with Crippen LogP contribution < -0.4 is 0 Å². The molecule has 0 saturated heterocycles. The van der Waals surface area contributed by atoms with Crippen LogP contribution in [0, 0.1) is 0 Å². The standard InChI is InChI=1S/C20H17N5O/c26-20(18-7-6-16-12-21-9-8-17(16)24-18)25(14-19-22-10-11-23-19)13-15-4-2-1-3-5-15/h1-12H,13-14H2,(H,22,23). The van der Waals surface area contributed by atoms with Gasteiger partial charge in [0.05, 0.1) is 12.1 Å². The Hall–Kier alpha value is -3.54. The summed E-state index contributed by atoms with van der Waals surface area (Å²) in [7, 11) is 0. The van der Waals surface area contributed by atoms with Gasteiger partial charge in [0, 0.05) is 36.7 Å². The number of hydrogen-bond donors (Lipinski definition) is 1. The van der Waals surface area contributed by atoms with E-state index in [0.29, 0.717) is 18.8 Å². The minimum absolute atomic E-state index is 0.135. The van der Waals surface area contributed by atoms with Crippen molar-refractivity contribution in [2.24, 2.45) is 0 Å². The second-order valence-electron chi connectivity index (χ2n) is 5.95. The van der Waals surface area contributed by atoms with Gasteiger partial charge in [0.25, 0.3) is 5.91 Å². The minimum atomic E-state index is -0.135. The largest absolute Gasteiger partial charge is 0.347 e. The van der Waals surface area contributed by atoms with Gasteiger partial charge in [-0.2, -0.15) is 0 Å². The number of nitrogens with one attached hydrogen (secondary N) is 1. The van der Waals surface area contributed by atoms with Crippen molar-refractivity contribution in [3.05, 3.63) is 90.4 Å². The van der Waals surface area contributed by atoms with E-state index in [1.165, 1.54) is 0 Å². The summed E-state index contributed by atoms with van der Waals surface area (Å²) in [6, 6.07) is 15.3. The van der Waals surface area contributed by atoms with Crippen molar-refractivity contribution in [2.45, 2.75) is 13.1 Å². The summed E-state index contributed by atoms with van der Waals surface area (Å²) < 4.78 is 0. The lowest BCUT2D eigenvalue weighted by molar-refractivity contribution is 0.0720.